The SMILES string of the molecule is CCOC(=O)[C@@H](Cc1ccccc1)NC(=O)c1cc(Cl)c(OCCCN2CCN(C)CC2)c(Cl)c1O.Cl.Cl. The van der Waals surface area contributed by atoms with E-state index >= 15 is 0 Å². The average molecular weight is 611 g/mol. The smallest absolute Gasteiger partial charge is 0.328 e. The van der Waals surface area contributed by atoms with Crippen LogP contribution < -0.4 is 10.1 Å². The van der Waals surface area contributed by atoms with Crippen LogP contribution in [0.4, 0.5) is 0 Å². The minimum absolute atomic E-state index is 0. The molecule has 8 nitrogen and oxygen atoms in total. The van der Waals surface area contributed by atoms with Crippen LogP contribution in [0.1, 0.15) is 29.3 Å². The van der Waals surface area contributed by atoms with Crippen molar-refractivity contribution >= 4 is 59.9 Å². The van der Waals surface area contributed by atoms with Crippen molar-refractivity contribution in [3.05, 3.63) is 57.6 Å². The number of likely N-dealkylation sites (N-methyl/N-ethyl adjacent to an activating group) is 1. The van der Waals surface area contributed by atoms with Crippen LogP contribution >= 0.6 is 48.0 Å². The van der Waals surface area contributed by atoms with E-state index in [-0.39, 0.29) is 59.2 Å². The summed E-state index contributed by atoms with van der Waals surface area (Å²) in [6.07, 6.45) is 0.988. The lowest BCUT2D eigenvalue weighted by atomic mass is 10.1. The number of rotatable bonds is 11. The Balaban J connectivity index is 0.00000361. The normalized spacial score (nSPS) is 14.5. The number of esters is 1. The van der Waals surface area contributed by atoms with Gasteiger partial charge in [0.1, 0.15) is 11.1 Å². The van der Waals surface area contributed by atoms with Crippen LogP contribution in [0.15, 0.2) is 36.4 Å². The van der Waals surface area contributed by atoms with Gasteiger partial charge in [0.25, 0.3) is 5.91 Å². The lowest BCUT2D eigenvalue weighted by Gasteiger charge is -2.32. The molecule has 1 atom stereocenters. The summed E-state index contributed by atoms with van der Waals surface area (Å²) in [5.74, 6) is -1.62. The van der Waals surface area contributed by atoms with E-state index in [0.717, 1.165) is 44.7 Å². The van der Waals surface area contributed by atoms with Gasteiger partial charge in [-0.05, 0) is 32.0 Å². The van der Waals surface area contributed by atoms with E-state index < -0.39 is 23.7 Å². The predicted octanol–water partition coefficient (Wildman–Crippen LogP) is 4.46. The van der Waals surface area contributed by atoms with Gasteiger partial charge in [0, 0.05) is 39.1 Å². The van der Waals surface area contributed by atoms with Crippen LogP contribution in [0.3, 0.4) is 0 Å². The lowest BCUT2D eigenvalue weighted by Crippen LogP contribution is -2.44. The number of amides is 1. The topological polar surface area (TPSA) is 91.3 Å². The van der Waals surface area contributed by atoms with E-state index in [2.05, 4.69) is 22.2 Å². The number of hydrogen-bond donors (Lipinski definition) is 2. The molecule has 0 aromatic heterocycles. The monoisotopic (exact) mass is 609 g/mol. The van der Waals surface area contributed by atoms with Crippen LogP contribution in [-0.4, -0.2) is 85.8 Å². The van der Waals surface area contributed by atoms with Crippen molar-refractivity contribution in [1.82, 2.24) is 15.1 Å². The average Bonchev–Trinajstić information content (AvgIpc) is 2.87. The molecule has 0 unspecified atom stereocenters. The summed E-state index contributed by atoms with van der Waals surface area (Å²) >= 11 is 12.7. The van der Waals surface area contributed by atoms with Gasteiger partial charge < -0.3 is 29.7 Å². The molecular formula is C26H35Cl4N3O5. The number of nitrogens with one attached hydrogen (secondary N) is 1. The maximum absolute atomic E-state index is 13.0. The molecule has 12 heteroatoms. The Morgan fingerprint density at radius 3 is 2.39 bits per heavy atom. The van der Waals surface area contributed by atoms with Gasteiger partial charge in [-0.15, -0.1) is 24.8 Å². The molecule has 0 saturated carbocycles. The second-order valence-electron chi connectivity index (χ2n) is 8.71. The number of ether oxygens (including phenoxy) is 2. The van der Waals surface area contributed by atoms with Gasteiger partial charge in [-0.2, -0.15) is 0 Å². The number of aromatic hydroxyl groups is 1. The van der Waals surface area contributed by atoms with Gasteiger partial charge in [0.15, 0.2) is 11.5 Å². The highest BCUT2D eigenvalue weighted by Crippen LogP contribution is 2.42. The summed E-state index contributed by atoms with van der Waals surface area (Å²) in [6.45, 7) is 7.21. The van der Waals surface area contributed by atoms with Crippen molar-refractivity contribution in [2.45, 2.75) is 25.8 Å². The highest BCUT2D eigenvalue weighted by molar-refractivity contribution is 6.39. The van der Waals surface area contributed by atoms with E-state index in [1.165, 1.54) is 6.07 Å². The van der Waals surface area contributed by atoms with Gasteiger partial charge in [-0.25, -0.2) is 4.79 Å². The van der Waals surface area contributed by atoms with Gasteiger partial charge in [-0.3, -0.25) is 4.79 Å². The minimum Gasteiger partial charge on any atom is -0.505 e. The largest absolute Gasteiger partial charge is 0.505 e. The molecule has 1 heterocycles. The molecule has 212 valence electrons. The van der Waals surface area contributed by atoms with E-state index in [1.54, 1.807) is 6.92 Å². The molecule has 0 bridgehead atoms. The Bertz CT molecular complexity index is 1040. The summed E-state index contributed by atoms with van der Waals surface area (Å²) < 4.78 is 10.9. The number of carbonyl (C=O) groups is 2. The van der Waals surface area contributed by atoms with Gasteiger partial charge >= 0.3 is 5.97 Å². The third-order valence-electron chi connectivity index (χ3n) is 6.02. The lowest BCUT2D eigenvalue weighted by molar-refractivity contribution is -0.145. The Morgan fingerprint density at radius 1 is 1.11 bits per heavy atom. The Labute approximate surface area is 246 Å². The maximum Gasteiger partial charge on any atom is 0.328 e. The number of benzene rings is 2. The zero-order valence-corrected chi connectivity index (χ0v) is 24.6. The predicted molar refractivity (Wildman–Crippen MR) is 155 cm³/mol. The number of phenolic OH excluding ortho intramolecular Hbond substituents is 1. The van der Waals surface area contributed by atoms with Crippen LogP contribution in [0.5, 0.6) is 11.5 Å². The fourth-order valence-electron chi connectivity index (χ4n) is 3.95. The Hall–Kier alpha value is -1.94. The zero-order chi connectivity index (χ0) is 26.1. The number of hydrogen-bond acceptors (Lipinski definition) is 7. The van der Waals surface area contributed by atoms with Crippen LogP contribution in [-0.2, 0) is 16.0 Å². The molecule has 2 aromatic rings. The van der Waals surface area contributed by atoms with Gasteiger partial charge in [-0.1, -0.05) is 53.5 Å². The summed E-state index contributed by atoms with van der Waals surface area (Å²) in [5.41, 5.74) is 0.689. The Morgan fingerprint density at radius 2 is 1.76 bits per heavy atom. The quantitative estimate of drug-likeness (QED) is 0.287. The molecule has 0 radical (unpaired) electrons. The summed E-state index contributed by atoms with van der Waals surface area (Å²) in [5, 5.41) is 13.2. The third kappa shape index (κ3) is 9.67. The van der Waals surface area contributed by atoms with E-state index in [0.29, 0.717) is 6.61 Å². The molecular weight excluding hydrogens is 576 g/mol. The number of halogens is 4. The van der Waals surface area contributed by atoms with E-state index in [4.69, 9.17) is 32.7 Å². The standard InChI is InChI=1S/C26H33Cl2N3O5.2ClH/c1-3-35-26(34)21(16-18-8-5-4-6-9-18)29-25(33)19-17-20(27)24(22(28)23(19)32)36-15-7-10-31-13-11-30(2)12-14-31;;/h4-6,8-9,17,21,32H,3,7,10-16H2,1-2H3,(H,29,33);2*1H/t21-;;/m1../s1. The first-order valence-corrected chi connectivity index (χ1v) is 12.8. The fraction of sp³-hybridized carbons (Fsp3) is 0.462. The van der Waals surface area contributed by atoms with Crippen LogP contribution in [0.2, 0.25) is 10.0 Å². The van der Waals surface area contributed by atoms with Gasteiger partial charge in [0.05, 0.1) is 23.8 Å². The van der Waals surface area contributed by atoms with Crippen LogP contribution in [0, 0.1) is 0 Å². The third-order valence-corrected chi connectivity index (χ3v) is 6.65. The van der Waals surface area contributed by atoms with Crippen LogP contribution in [0.25, 0.3) is 0 Å². The first kappa shape index (κ1) is 34.1. The first-order valence-electron chi connectivity index (χ1n) is 12.1. The first-order chi connectivity index (χ1) is 17.3. The molecule has 0 spiro atoms. The zero-order valence-electron chi connectivity index (χ0n) is 21.5. The highest BCUT2D eigenvalue weighted by atomic mass is 35.5. The molecule has 1 amide bonds. The highest BCUT2D eigenvalue weighted by Gasteiger charge is 2.27. The molecule has 1 aliphatic rings. The number of phenols is 1. The Kier molecular flexibility index (Phi) is 15.2. The van der Waals surface area contributed by atoms with Crippen molar-refractivity contribution in [3.8, 4) is 11.5 Å². The molecule has 3 rings (SSSR count). The van der Waals surface area contributed by atoms with E-state index in [1.807, 2.05) is 30.3 Å². The molecule has 0 aliphatic carbocycles. The van der Waals surface area contributed by atoms with Crippen molar-refractivity contribution in [2.75, 3.05) is 53.0 Å². The summed E-state index contributed by atoms with van der Waals surface area (Å²) in [7, 11) is 2.11. The van der Waals surface area contributed by atoms with Crippen molar-refractivity contribution in [1.29, 1.82) is 0 Å². The number of carbonyl (C=O) groups excluding carboxylic acids is 2. The second-order valence-corrected chi connectivity index (χ2v) is 9.50. The second kappa shape index (κ2) is 16.9. The molecule has 1 fully saturated rings. The van der Waals surface area contributed by atoms with Gasteiger partial charge in [0.2, 0.25) is 0 Å². The van der Waals surface area contributed by atoms with E-state index in [9.17, 15) is 14.7 Å². The maximum atomic E-state index is 13.0. The molecule has 1 saturated heterocycles. The van der Waals surface area contributed by atoms with Crippen molar-refractivity contribution < 1.29 is 24.2 Å². The summed E-state index contributed by atoms with van der Waals surface area (Å²) in [6, 6.07) is 9.57. The van der Waals surface area contributed by atoms with Crippen molar-refractivity contribution in [3.63, 3.8) is 0 Å². The molecule has 38 heavy (non-hydrogen) atoms. The van der Waals surface area contributed by atoms with Crippen molar-refractivity contribution in [2.24, 2.45) is 0 Å². The number of nitrogens with zero attached hydrogens (tertiary/aromatic N) is 2. The summed E-state index contributed by atoms with van der Waals surface area (Å²) in [4.78, 5) is 30.2. The number of piperazine rings is 1. The fourth-order valence-corrected chi connectivity index (χ4v) is 4.52. The molecule has 2 aromatic carbocycles. The minimum atomic E-state index is -0.956. The molecule has 2 N–H and O–H groups in total. The molecule has 1 aliphatic heterocycles.